The lowest BCUT2D eigenvalue weighted by atomic mass is 10.1. The van der Waals surface area contributed by atoms with Gasteiger partial charge in [0.2, 0.25) is 0 Å². The first-order valence-corrected chi connectivity index (χ1v) is 5.61. The van der Waals surface area contributed by atoms with Gasteiger partial charge in [0.05, 0.1) is 12.8 Å². The van der Waals surface area contributed by atoms with Crippen LogP contribution in [0.1, 0.15) is 17.4 Å². The van der Waals surface area contributed by atoms with E-state index in [1.807, 2.05) is 31.2 Å². The number of carboxylic acids is 1. The first-order valence-electron chi connectivity index (χ1n) is 5.61. The zero-order valence-corrected chi connectivity index (χ0v) is 10.3. The highest BCUT2D eigenvalue weighted by atomic mass is 16.5. The van der Waals surface area contributed by atoms with Crippen molar-refractivity contribution in [2.45, 2.75) is 13.5 Å². The molecule has 0 radical (unpaired) electrons. The van der Waals surface area contributed by atoms with Gasteiger partial charge in [-0.3, -0.25) is 4.68 Å². The third-order valence-electron chi connectivity index (χ3n) is 2.66. The number of carbonyl (C=O) groups is 1. The van der Waals surface area contributed by atoms with Crippen molar-refractivity contribution < 1.29 is 14.6 Å². The number of rotatable bonds is 4. The number of ether oxygens (including phenoxy) is 1. The molecule has 0 amide bonds. The molecule has 2 rings (SSSR count). The molecule has 0 aliphatic carbocycles. The topological polar surface area (TPSA) is 64.4 Å². The minimum absolute atomic E-state index is 0.190. The molecule has 5 nitrogen and oxygen atoms in total. The molecule has 5 heteroatoms. The molecule has 1 N–H and O–H groups in total. The summed E-state index contributed by atoms with van der Waals surface area (Å²) in [6.07, 6.45) is 0. The highest BCUT2D eigenvalue weighted by Crippen LogP contribution is 2.23. The predicted molar refractivity (Wildman–Crippen MR) is 66.8 cm³/mol. The molecule has 0 aliphatic rings. The third kappa shape index (κ3) is 2.20. The second-order valence-corrected chi connectivity index (χ2v) is 3.77. The van der Waals surface area contributed by atoms with Crippen LogP contribution in [-0.2, 0) is 6.54 Å². The molecule has 0 spiro atoms. The molecule has 1 heterocycles. The lowest BCUT2D eigenvalue weighted by molar-refractivity contribution is 0.0683. The third-order valence-corrected chi connectivity index (χ3v) is 2.66. The Labute approximate surface area is 105 Å². The number of benzene rings is 1. The summed E-state index contributed by atoms with van der Waals surface area (Å²) in [5.74, 6) is -0.256. The maximum absolute atomic E-state index is 11.1. The van der Waals surface area contributed by atoms with E-state index in [4.69, 9.17) is 9.84 Å². The zero-order valence-electron chi connectivity index (χ0n) is 10.3. The maximum atomic E-state index is 11.1. The Bertz CT molecular complexity index is 575. The largest absolute Gasteiger partial charge is 0.497 e. The van der Waals surface area contributed by atoms with Crippen molar-refractivity contribution in [2.75, 3.05) is 7.11 Å². The van der Waals surface area contributed by atoms with Gasteiger partial charge in [-0.25, -0.2) is 4.79 Å². The van der Waals surface area contributed by atoms with Gasteiger partial charge in [-0.05, 0) is 25.1 Å². The van der Waals surface area contributed by atoms with Crippen LogP contribution in [-0.4, -0.2) is 28.0 Å². The minimum atomic E-state index is -0.974. The van der Waals surface area contributed by atoms with Gasteiger partial charge in [0.1, 0.15) is 11.4 Å². The smallest absolute Gasteiger partial charge is 0.354 e. The van der Waals surface area contributed by atoms with E-state index in [1.165, 1.54) is 4.68 Å². The summed E-state index contributed by atoms with van der Waals surface area (Å²) in [4.78, 5) is 11.1. The molecule has 94 valence electrons. The van der Waals surface area contributed by atoms with Gasteiger partial charge < -0.3 is 9.84 Å². The molecule has 0 bridgehead atoms. The number of hydrogen-bond donors (Lipinski definition) is 1. The number of methoxy groups -OCH3 is 1. The molecule has 0 unspecified atom stereocenters. The van der Waals surface area contributed by atoms with E-state index in [1.54, 1.807) is 13.2 Å². The van der Waals surface area contributed by atoms with E-state index in [9.17, 15) is 4.79 Å². The normalized spacial score (nSPS) is 10.3. The molecule has 18 heavy (non-hydrogen) atoms. The number of hydrogen-bond acceptors (Lipinski definition) is 3. The molecule has 0 fully saturated rings. The van der Waals surface area contributed by atoms with Crippen molar-refractivity contribution in [2.24, 2.45) is 0 Å². The summed E-state index contributed by atoms with van der Waals surface area (Å²) in [7, 11) is 1.59. The van der Waals surface area contributed by atoms with E-state index < -0.39 is 5.97 Å². The number of carboxylic acid groups (broad SMARTS) is 1. The van der Waals surface area contributed by atoms with Crippen LogP contribution < -0.4 is 4.74 Å². The number of aryl methyl sites for hydroxylation is 1. The van der Waals surface area contributed by atoms with Gasteiger partial charge in [-0.1, -0.05) is 12.1 Å². The summed E-state index contributed by atoms with van der Waals surface area (Å²) in [5.41, 5.74) is 1.66. The standard InChI is InChI=1S/C13H14N2O3/c1-3-15-12(13(16)17)8-11(14-15)9-5-4-6-10(7-9)18-2/h4-8H,3H2,1-2H3,(H,16,17). The SMILES string of the molecule is CCn1nc(-c2cccc(OC)c2)cc1C(=O)O. The van der Waals surface area contributed by atoms with Crippen LogP contribution in [0.5, 0.6) is 5.75 Å². The van der Waals surface area contributed by atoms with Crippen LogP contribution in [0.3, 0.4) is 0 Å². The molecule has 1 aromatic heterocycles. The fourth-order valence-corrected chi connectivity index (χ4v) is 1.75. The van der Waals surface area contributed by atoms with Gasteiger partial charge in [0.25, 0.3) is 0 Å². The average molecular weight is 246 g/mol. The lowest BCUT2D eigenvalue weighted by Crippen LogP contribution is -2.07. The number of aromatic carboxylic acids is 1. The average Bonchev–Trinajstić information content (AvgIpc) is 2.83. The summed E-state index contributed by atoms with van der Waals surface area (Å²) in [6, 6.07) is 8.95. The van der Waals surface area contributed by atoms with E-state index in [0.717, 1.165) is 11.3 Å². The molecule has 0 aliphatic heterocycles. The van der Waals surface area contributed by atoms with Gasteiger partial charge in [-0.15, -0.1) is 0 Å². The van der Waals surface area contributed by atoms with Crippen LogP contribution in [0.2, 0.25) is 0 Å². The molecular formula is C13H14N2O3. The van der Waals surface area contributed by atoms with E-state index in [-0.39, 0.29) is 5.69 Å². The van der Waals surface area contributed by atoms with E-state index in [0.29, 0.717) is 12.2 Å². The van der Waals surface area contributed by atoms with Crippen molar-refractivity contribution in [3.8, 4) is 17.0 Å². The summed E-state index contributed by atoms with van der Waals surface area (Å²) in [5, 5.41) is 13.3. The molecule has 1 aromatic carbocycles. The van der Waals surface area contributed by atoms with Crippen LogP contribution >= 0.6 is 0 Å². The fraction of sp³-hybridized carbons (Fsp3) is 0.231. The highest BCUT2D eigenvalue weighted by molar-refractivity contribution is 5.87. The summed E-state index contributed by atoms with van der Waals surface area (Å²) >= 11 is 0. The highest BCUT2D eigenvalue weighted by Gasteiger charge is 2.14. The van der Waals surface area contributed by atoms with Crippen LogP contribution in [0.15, 0.2) is 30.3 Å². The van der Waals surface area contributed by atoms with Gasteiger partial charge >= 0.3 is 5.97 Å². The van der Waals surface area contributed by atoms with Crippen molar-refractivity contribution in [3.63, 3.8) is 0 Å². The maximum Gasteiger partial charge on any atom is 0.354 e. The molecular weight excluding hydrogens is 232 g/mol. The quantitative estimate of drug-likeness (QED) is 0.898. The summed E-state index contributed by atoms with van der Waals surface area (Å²) in [6.45, 7) is 2.38. The Balaban J connectivity index is 2.47. The Kier molecular flexibility index (Phi) is 3.32. The predicted octanol–water partition coefficient (Wildman–Crippen LogP) is 2.28. The second-order valence-electron chi connectivity index (χ2n) is 3.77. The fourth-order valence-electron chi connectivity index (χ4n) is 1.75. The van der Waals surface area contributed by atoms with Gasteiger partial charge in [0.15, 0.2) is 0 Å². The Morgan fingerprint density at radius 1 is 1.44 bits per heavy atom. The Hall–Kier alpha value is -2.30. The van der Waals surface area contributed by atoms with Gasteiger partial charge in [0, 0.05) is 12.1 Å². The monoisotopic (exact) mass is 246 g/mol. The van der Waals surface area contributed by atoms with E-state index >= 15 is 0 Å². The molecule has 0 saturated heterocycles. The Morgan fingerprint density at radius 2 is 2.22 bits per heavy atom. The van der Waals surface area contributed by atoms with Crippen molar-refractivity contribution >= 4 is 5.97 Å². The Morgan fingerprint density at radius 3 is 2.78 bits per heavy atom. The number of nitrogens with zero attached hydrogens (tertiary/aromatic N) is 2. The van der Waals surface area contributed by atoms with Gasteiger partial charge in [-0.2, -0.15) is 5.10 Å². The van der Waals surface area contributed by atoms with Crippen molar-refractivity contribution in [3.05, 3.63) is 36.0 Å². The molecule has 2 aromatic rings. The van der Waals surface area contributed by atoms with Crippen LogP contribution in [0.4, 0.5) is 0 Å². The second kappa shape index (κ2) is 4.91. The zero-order chi connectivity index (χ0) is 13.1. The van der Waals surface area contributed by atoms with Crippen LogP contribution in [0.25, 0.3) is 11.3 Å². The molecule has 0 saturated carbocycles. The van der Waals surface area contributed by atoms with E-state index in [2.05, 4.69) is 5.10 Å². The van der Waals surface area contributed by atoms with Crippen molar-refractivity contribution in [1.82, 2.24) is 9.78 Å². The van der Waals surface area contributed by atoms with Crippen molar-refractivity contribution in [1.29, 1.82) is 0 Å². The first-order chi connectivity index (χ1) is 8.65. The summed E-state index contributed by atoms with van der Waals surface area (Å²) < 4.78 is 6.61. The first kappa shape index (κ1) is 12.2. The lowest BCUT2D eigenvalue weighted by Gasteiger charge is -2.01. The molecule has 0 atom stereocenters. The minimum Gasteiger partial charge on any atom is -0.497 e. The van der Waals surface area contributed by atoms with Crippen LogP contribution in [0, 0.1) is 0 Å². The number of aromatic nitrogens is 2.